The fourth-order valence-electron chi connectivity index (χ4n) is 1.41. The Bertz CT molecular complexity index is 194. The number of halogens is 4. The van der Waals surface area contributed by atoms with E-state index in [0.717, 1.165) is 0 Å². The van der Waals surface area contributed by atoms with Crippen molar-refractivity contribution in [2.24, 2.45) is 11.8 Å². The predicted octanol–water partition coefficient (Wildman–Crippen LogP) is 1.89. The summed E-state index contributed by atoms with van der Waals surface area (Å²) in [6.07, 6.45) is -0.192. The number of hydrogen-bond acceptors (Lipinski definition) is 1. The van der Waals surface area contributed by atoms with E-state index in [9.17, 15) is 17.6 Å². The SMILES string of the molecule is FC1(F)C[C@H]1CNC[C@H]1CC1(F)F. The van der Waals surface area contributed by atoms with Crippen molar-refractivity contribution < 1.29 is 17.6 Å². The highest BCUT2D eigenvalue weighted by atomic mass is 19.3. The van der Waals surface area contributed by atoms with Crippen molar-refractivity contribution in [2.75, 3.05) is 13.1 Å². The van der Waals surface area contributed by atoms with Crippen LogP contribution < -0.4 is 5.32 Å². The van der Waals surface area contributed by atoms with Gasteiger partial charge in [-0.1, -0.05) is 0 Å². The van der Waals surface area contributed by atoms with Gasteiger partial charge in [0.25, 0.3) is 11.8 Å². The number of hydrogen-bond donors (Lipinski definition) is 1. The van der Waals surface area contributed by atoms with Gasteiger partial charge < -0.3 is 5.32 Å². The summed E-state index contributed by atoms with van der Waals surface area (Å²) < 4.78 is 49.2. The second-order valence-corrected chi connectivity index (χ2v) is 3.98. The summed E-state index contributed by atoms with van der Waals surface area (Å²) >= 11 is 0. The molecule has 0 saturated heterocycles. The van der Waals surface area contributed by atoms with Crippen molar-refractivity contribution >= 4 is 0 Å². The van der Waals surface area contributed by atoms with Crippen molar-refractivity contribution in [3.63, 3.8) is 0 Å². The van der Waals surface area contributed by atoms with Crippen molar-refractivity contribution in [1.82, 2.24) is 5.32 Å². The first-order chi connectivity index (χ1) is 5.92. The molecule has 0 aromatic rings. The first-order valence-electron chi connectivity index (χ1n) is 4.38. The van der Waals surface area contributed by atoms with Crippen molar-refractivity contribution in [1.29, 1.82) is 0 Å². The van der Waals surface area contributed by atoms with Gasteiger partial charge in [0.1, 0.15) is 0 Å². The summed E-state index contributed by atoms with van der Waals surface area (Å²) in [6, 6.07) is 0. The Labute approximate surface area is 73.5 Å². The zero-order valence-electron chi connectivity index (χ0n) is 6.99. The smallest absolute Gasteiger partial charge is 0.252 e. The molecule has 1 N–H and O–H groups in total. The molecule has 0 bridgehead atoms. The minimum atomic E-state index is -2.54. The van der Waals surface area contributed by atoms with E-state index in [-0.39, 0.29) is 25.9 Å². The van der Waals surface area contributed by atoms with E-state index < -0.39 is 23.7 Å². The number of nitrogens with one attached hydrogen (secondary N) is 1. The fourth-order valence-corrected chi connectivity index (χ4v) is 1.41. The van der Waals surface area contributed by atoms with E-state index in [1.54, 1.807) is 0 Å². The van der Waals surface area contributed by atoms with Crippen LogP contribution in [0.2, 0.25) is 0 Å². The van der Waals surface area contributed by atoms with Crippen LogP contribution in [0.5, 0.6) is 0 Å². The molecule has 1 nitrogen and oxygen atoms in total. The van der Waals surface area contributed by atoms with E-state index in [1.807, 2.05) is 0 Å². The Kier molecular flexibility index (Phi) is 1.84. The Balaban J connectivity index is 1.56. The summed E-state index contributed by atoms with van der Waals surface area (Å²) in [5.41, 5.74) is 0. The van der Waals surface area contributed by atoms with Gasteiger partial charge in [-0.3, -0.25) is 0 Å². The van der Waals surface area contributed by atoms with E-state index >= 15 is 0 Å². The van der Waals surface area contributed by atoms with Crippen LogP contribution in [-0.4, -0.2) is 24.9 Å². The highest BCUT2D eigenvalue weighted by Gasteiger charge is 2.58. The van der Waals surface area contributed by atoms with Crippen molar-refractivity contribution in [3.05, 3.63) is 0 Å². The molecule has 0 aromatic heterocycles. The summed E-state index contributed by atoms with van der Waals surface area (Å²) in [4.78, 5) is 0. The van der Waals surface area contributed by atoms with Crippen LogP contribution in [0.25, 0.3) is 0 Å². The highest BCUT2D eigenvalue weighted by molar-refractivity contribution is 4.99. The molecule has 0 aliphatic heterocycles. The minimum absolute atomic E-state index is 0.0962. The van der Waals surface area contributed by atoms with Gasteiger partial charge in [0.05, 0.1) is 0 Å². The molecule has 2 saturated carbocycles. The van der Waals surface area contributed by atoms with Gasteiger partial charge in [0.2, 0.25) is 0 Å². The number of alkyl halides is 4. The molecule has 2 aliphatic rings. The fraction of sp³-hybridized carbons (Fsp3) is 1.00. The molecule has 0 unspecified atom stereocenters. The summed E-state index contributed by atoms with van der Waals surface area (Å²) in [7, 11) is 0. The molecular formula is C8H11F4N. The first kappa shape index (κ1) is 9.24. The topological polar surface area (TPSA) is 12.0 Å². The van der Waals surface area contributed by atoms with Gasteiger partial charge in [-0.15, -0.1) is 0 Å². The third kappa shape index (κ3) is 1.95. The van der Waals surface area contributed by atoms with E-state index in [1.165, 1.54) is 0 Å². The van der Waals surface area contributed by atoms with Crippen LogP contribution in [0.4, 0.5) is 17.6 Å². The highest BCUT2D eigenvalue weighted by Crippen LogP contribution is 2.49. The van der Waals surface area contributed by atoms with Crippen LogP contribution in [-0.2, 0) is 0 Å². The average molecular weight is 197 g/mol. The van der Waals surface area contributed by atoms with Crippen LogP contribution in [0.1, 0.15) is 12.8 Å². The lowest BCUT2D eigenvalue weighted by molar-refractivity contribution is 0.0940. The van der Waals surface area contributed by atoms with Gasteiger partial charge in [-0.25, -0.2) is 17.6 Å². The van der Waals surface area contributed by atoms with Gasteiger partial charge in [0, 0.05) is 37.8 Å². The van der Waals surface area contributed by atoms with Crippen LogP contribution in [0.3, 0.4) is 0 Å². The molecule has 2 fully saturated rings. The lowest BCUT2D eigenvalue weighted by Crippen LogP contribution is -2.23. The summed E-state index contributed by atoms with van der Waals surface area (Å²) in [5.74, 6) is -6.34. The van der Waals surface area contributed by atoms with E-state index in [2.05, 4.69) is 5.32 Å². The van der Waals surface area contributed by atoms with Crippen LogP contribution in [0.15, 0.2) is 0 Å². The molecule has 2 atom stereocenters. The maximum atomic E-state index is 12.3. The molecule has 0 radical (unpaired) electrons. The van der Waals surface area contributed by atoms with Gasteiger partial charge in [0.15, 0.2) is 0 Å². The average Bonchev–Trinajstić information content (AvgIpc) is 2.75. The third-order valence-corrected chi connectivity index (χ3v) is 2.69. The van der Waals surface area contributed by atoms with Crippen LogP contribution in [0, 0.1) is 11.8 Å². The first-order valence-corrected chi connectivity index (χ1v) is 4.38. The molecule has 0 aromatic carbocycles. The molecule has 76 valence electrons. The second kappa shape index (κ2) is 2.59. The molecular weight excluding hydrogens is 186 g/mol. The zero-order chi connectivity index (χ0) is 9.69. The lowest BCUT2D eigenvalue weighted by atomic mass is 10.3. The largest absolute Gasteiger partial charge is 0.316 e. The Hall–Kier alpha value is -0.320. The van der Waals surface area contributed by atoms with Crippen molar-refractivity contribution in [3.8, 4) is 0 Å². The van der Waals surface area contributed by atoms with Gasteiger partial charge in [-0.05, 0) is 0 Å². The maximum Gasteiger partial charge on any atom is 0.252 e. The Morgan fingerprint density at radius 1 is 0.923 bits per heavy atom. The Morgan fingerprint density at radius 2 is 1.23 bits per heavy atom. The second-order valence-electron chi connectivity index (χ2n) is 3.98. The number of rotatable bonds is 4. The molecule has 0 amide bonds. The van der Waals surface area contributed by atoms with E-state index in [4.69, 9.17) is 0 Å². The monoisotopic (exact) mass is 197 g/mol. The van der Waals surface area contributed by atoms with E-state index in [0.29, 0.717) is 0 Å². The van der Waals surface area contributed by atoms with Gasteiger partial charge in [-0.2, -0.15) is 0 Å². The Morgan fingerprint density at radius 3 is 1.46 bits per heavy atom. The molecule has 5 heteroatoms. The van der Waals surface area contributed by atoms with Gasteiger partial charge >= 0.3 is 0 Å². The molecule has 0 heterocycles. The lowest BCUT2D eigenvalue weighted by Gasteiger charge is -2.02. The quantitative estimate of drug-likeness (QED) is 0.678. The normalized spacial score (nSPS) is 38.8. The molecule has 0 spiro atoms. The van der Waals surface area contributed by atoms with Crippen LogP contribution >= 0.6 is 0 Å². The maximum absolute atomic E-state index is 12.3. The standard InChI is InChI=1S/C8H11F4N/c9-7(10)1-5(7)3-13-4-6-2-8(6,11)12/h5-6,13H,1-4H2/t5-,6+. The van der Waals surface area contributed by atoms with Crippen molar-refractivity contribution in [2.45, 2.75) is 24.7 Å². The summed E-state index contributed by atoms with van der Waals surface area (Å²) in [5, 5.41) is 2.66. The summed E-state index contributed by atoms with van der Waals surface area (Å²) in [6.45, 7) is 0.333. The molecule has 13 heavy (non-hydrogen) atoms. The molecule has 2 aliphatic carbocycles. The third-order valence-electron chi connectivity index (χ3n) is 2.69. The molecule has 2 rings (SSSR count). The predicted molar refractivity (Wildman–Crippen MR) is 39.0 cm³/mol. The zero-order valence-corrected chi connectivity index (χ0v) is 6.99. The minimum Gasteiger partial charge on any atom is -0.316 e.